The predicted molar refractivity (Wildman–Crippen MR) is 102 cm³/mol. The highest BCUT2D eigenvalue weighted by Crippen LogP contribution is 2.35. The quantitative estimate of drug-likeness (QED) is 0.572. The molecule has 0 bridgehead atoms. The number of imidazole rings is 1. The van der Waals surface area contributed by atoms with Crippen molar-refractivity contribution in [3.8, 4) is 5.75 Å². The maximum Gasteiger partial charge on any atom is 0.188 e. The van der Waals surface area contributed by atoms with E-state index in [1.807, 2.05) is 19.9 Å². The third-order valence-corrected chi connectivity index (χ3v) is 5.03. The van der Waals surface area contributed by atoms with E-state index in [4.69, 9.17) is 9.72 Å². The molecule has 0 aliphatic rings. The zero-order valence-corrected chi connectivity index (χ0v) is 15.2. The van der Waals surface area contributed by atoms with Gasteiger partial charge in [-0.25, -0.2) is 9.97 Å². The number of ether oxygens (including phenoxy) is 1. The number of pyridine rings is 1. The molecule has 1 aromatic carbocycles. The van der Waals surface area contributed by atoms with Crippen LogP contribution in [-0.2, 0) is 6.54 Å². The summed E-state index contributed by atoms with van der Waals surface area (Å²) >= 11 is 1.62. The van der Waals surface area contributed by atoms with Crippen LogP contribution < -0.4 is 10.1 Å². The van der Waals surface area contributed by atoms with Crippen molar-refractivity contribution in [3.05, 3.63) is 36.4 Å². The number of hydrogen-bond donors (Lipinski definition) is 1. The van der Waals surface area contributed by atoms with Gasteiger partial charge in [0.1, 0.15) is 22.8 Å². The molecule has 25 heavy (non-hydrogen) atoms. The Hall–Kier alpha value is -2.67. The number of fused-ring (bicyclic) bond motifs is 3. The molecule has 7 heteroatoms. The largest absolute Gasteiger partial charge is 0.492 e. The van der Waals surface area contributed by atoms with Crippen LogP contribution in [0.5, 0.6) is 5.75 Å². The second-order valence-electron chi connectivity index (χ2n) is 5.63. The van der Waals surface area contributed by atoms with E-state index in [-0.39, 0.29) is 0 Å². The molecule has 3 heterocycles. The summed E-state index contributed by atoms with van der Waals surface area (Å²) in [6, 6.07) is 6.00. The summed E-state index contributed by atoms with van der Waals surface area (Å²) in [5, 5.41) is 4.16. The molecule has 0 saturated carbocycles. The maximum absolute atomic E-state index is 5.65. The van der Waals surface area contributed by atoms with Gasteiger partial charge in [0.05, 0.1) is 28.5 Å². The molecule has 0 unspecified atom stereocenters. The molecule has 0 radical (unpaired) electrons. The first kappa shape index (κ1) is 15.8. The van der Waals surface area contributed by atoms with Gasteiger partial charge in [-0.1, -0.05) is 11.3 Å². The molecular formula is C18H19N5OS. The molecule has 0 amide bonds. The topological polar surface area (TPSA) is 64.9 Å². The van der Waals surface area contributed by atoms with Crippen LogP contribution in [0.1, 0.15) is 19.7 Å². The number of hydrogen-bond acceptors (Lipinski definition) is 6. The van der Waals surface area contributed by atoms with E-state index >= 15 is 0 Å². The lowest BCUT2D eigenvalue weighted by molar-refractivity contribution is 0.341. The van der Waals surface area contributed by atoms with Gasteiger partial charge in [0.15, 0.2) is 5.13 Å². The van der Waals surface area contributed by atoms with Crippen LogP contribution in [-0.4, -0.2) is 26.1 Å². The monoisotopic (exact) mass is 353 g/mol. The average Bonchev–Trinajstić information content (AvgIpc) is 3.15. The zero-order chi connectivity index (χ0) is 17.4. The summed E-state index contributed by atoms with van der Waals surface area (Å²) < 4.78 is 8.99. The third kappa shape index (κ3) is 2.70. The summed E-state index contributed by atoms with van der Waals surface area (Å²) in [6.07, 6.45) is 3.48. The second kappa shape index (κ2) is 6.33. The number of aryl methyl sites for hydroxylation is 2. The Morgan fingerprint density at radius 1 is 1.20 bits per heavy atom. The van der Waals surface area contributed by atoms with Crippen LogP contribution in [0.2, 0.25) is 0 Å². The van der Waals surface area contributed by atoms with Crippen molar-refractivity contribution in [2.45, 2.75) is 27.3 Å². The predicted octanol–water partition coefficient (Wildman–Crippen LogP) is 4.51. The number of nitrogens with zero attached hydrogens (tertiary/aromatic N) is 4. The van der Waals surface area contributed by atoms with Crippen LogP contribution in [0.25, 0.3) is 21.3 Å². The van der Waals surface area contributed by atoms with Gasteiger partial charge in [-0.2, -0.15) is 0 Å². The van der Waals surface area contributed by atoms with Crippen molar-refractivity contribution in [2.75, 3.05) is 11.9 Å². The molecule has 4 rings (SSSR count). The summed E-state index contributed by atoms with van der Waals surface area (Å²) in [4.78, 5) is 13.6. The van der Waals surface area contributed by atoms with Crippen molar-refractivity contribution in [2.24, 2.45) is 0 Å². The molecule has 0 spiro atoms. The molecule has 128 valence electrons. The van der Waals surface area contributed by atoms with E-state index in [1.54, 1.807) is 23.7 Å². The van der Waals surface area contributed by atoms with Crippen LogP contribution in [0.4, 0.5) is 10.8 Å². The van der Waals surface area contributed by atoms with Crippen LogP contribution >= 0.6 is 11.3 Å². The second-order valence-corrected chi connectivity index (χ2v) is 6.66. The third-order valence-electron chi connectivity index (χ3n) is 4.09. The number of thiazole rings is 1. The first-order valence-corrected chi connectivity index (χ1v) is 9.13. The standard InChI is InChI=1S/C18H19N5OS/c1-4-23-11(3)20-12-6-7-15-16(17(12)23)22-18(25-15)21-13-10-19-9-8-14(13)24-5-2/h6-10H,4-5H2,1-3H3,(H,21,22). The lowest BCUT2D eigenvalue weighted by Gasteiger charge is -2.09. The van der Waals surface area contributed by atoms with Crippen LogP contribution in [0, 0.1) is 6.92 Å². The smallest absolute Gasteiger partial charge is 0.188 e. The van der Waals surface area contributed by atoms with E-state index in [2.05, 4.69) is 38.9 Å². The Morgan fingerprint density at radius 3 is 2.88 bits per heavy atom. The fourth-order valence-electron chi connectivity index (χ4n) is 3.03. The minimum absolute atomic E-state index is 0.605. The summed E-state index contributed by atoms with van der Waals surface area (Å²) in [7, 11) is 0. The van der Waals surface area contributed by atoms with E-state index < -0.39 is 0 Å². The lowest BCUT2D eigenvalue weighted by Crippen LogP contribution is -1.98. The number of rotatable bonds is 5. The molecular weight excluding hydrogens is 334 g/mol. The van der Waals surface area contributed by atoms with Gasteiger partial charge >= 0.3 is 0 Å². The van der Waals surface area contributed by atoms with Gasteiger partial charge in [-0.15, -0.1) is 0 Å². The SMILES string of the molecule is CCOc1ccncc1Nc1nc2c(ccc3nc(C)n(CC)c32)s1. The number of nitrogens with one attached hydrogen (secondary N) is 1. The van der Waals surface area contributed by atoms with Crippen molar-refractivity contribution in [1.29, 1.82) is 0 Å². The van der Waals surface area contributed by atoms with Crippen molar-refractivity contribution >= 4 is 43.4 Å². The molecule has 6 nitrogen and oxygen atoms in total. The molecule has 1 N–H and O–H groups in total. The highest BCUT2D eigenvalue weighted by Gasteiger charge is 2.15. The molecule has 0 aliphatic carbocycles. The van der Waals surface area contributed by atoms with Gasteiger partial charge in [0, 0.05) is 18.8 Å². The van der Waals surface area contributed by atoms with Crippen molar-refractivity contribution in [3.63, 3.8) is 0 Å². The molecule has 4 aromatic rings. The first-order chi connectivity index (χ1) is 12.2. The fraction of sp³-hybridized carbons (Fsp3) is 0.278. The van der Waals surface area contributed by atoms with Gasteiger partial charge in [0.25, 0.3) is 0 Å². The number of aromatic nitrogens is 4. The molecule has 0 fully saturated rings. The minimum Gasteiger partial charge on any atom is -0.492 e. The highest BCUT2D eigenvalue weighted by atomic mass is 32.1. The molecule has 0 atom stereocenters. The van der Waals surface area contributed by atoms with Crippen LogP contribution in [0.3, 0.4) is 0 Å². The Labute approximate surface area is 149 Å². The number of anilines is 2. The maximum atomic E-state index is 5.65. The molecule has 0 saturated heterocycles. The zero-order valence-electron chi connectivity index (χ0n) is 14.4. The van der Waals surface area contributed by atoms with Gasteiger partial charge < -0.3 is 14.6 Å². The van der Waals surface area contributed by atoms with E-state index in [0.717, 1.165) is 50.2 Å². The van der Waals surface area contributed by atoms with E-state index in [0.29, 0.717) is 6.61 Å². The summed E-state index contributed by atoms with van der Waals surface area (Å²) in [6.45, 7) is 7.60. The van der Waals surface area contributed by atoms with Crippen molar-refractivity contribution < 1.29 is 4.74 Å². The van der Waals surface area contributed by atoms with Crippen molar-refractivity contribution in [1.82, 2.24) is 19.5 Å². The van der Waals surface area contributed by atoms with Crippen LogP contribution in [0.15, 0.2) is 30.6 Å². The Balaban J connectivity index is 1.81. The Bertz CT molecular complexity index is 1050. The van der Waals surface area contributed by atoms with Gasteiger partial charge in [0.2, 0.25) is 0 Å². The Morgan fingerprint density at radius 2 is 2.08 bits per heavy atom. The molecule has 3 aromatic heterocycles. The summed E-state index contributed by atoms with van der Waals surface area (Å²) in [5.41, 5.74) is 3.88. The summed E-state index contributed by atoms with van der Waals surface area (Å²) in [5.74, 6) is 1.79. The van der Waals surface area contributed by atoms with E-state index in [1.165, 1.54) is 0 Å². The first-order valence-electron chi connectivity index (χ1n) is 8.31. The average molecular weight is 353 g/mol. The van der Waals surface area contributed by atoms with Gasteiger partial charge in [-0.05, 0) is 32.9 Å². The van der Waals surface area contributed by atoms with E-state index in [9.17, 15) is 0 Å². The highest BCUT2D eigenvalue weighted by molar-refractivity contribution is 7.22. The number of benzene rings is 1. The fourth-order valence-corrected chi connectivity index (χ4v) is 3.92. The Kier molecular flexibility index (Phi) is 4.01. The lowest BCUT2D eigenvalue weighted by atomic mass is 10.3. The normalized spacial score (nSPS) is 11.3. The molecule has 0 aliphatic heterocycles. The minimum atomic E-state index is 0.605. The van der Waals surface area contributed by atoms with Gasteiger partial charge in [-0.3, -0.25) is 4.98 Å².